The summed E-state index contributed by atoms with van der Waals surface area (Å²) in [5.74, 6) is 0.0290. The van der Waals surface area contributed by atoms with E-state index in [-0.39, 0.29) is 5.78 Å². The molecular formula is C11H13FO. The summed E-state index contributed by atoms with van der Waals surface area (Å²) in [7, 11) is 0. The predicted molar refractivity (Wildman–Crippen MR) is 50.7 cm³/mol. The lowest BCUT2D eigenvalue weighted by molar-refractivity contribution is 0.0977. The van der Waals surface area contributed by atoms with Crippen molar-refractivity contribution in [2.45, 2.75) is 19.8 Å². The fourth-order valence-electron chi connectivity index (χ4n) is 1.19. The second-order valence-electron chi connectivity index (χ2n) is 3.09. The van der Waals surface area contributed by atoms with Crippen molar-refractivity contribution in [3.8, 4) is 0 Å². The number of ketones is 1. The molecule has 0 atom stereocenters. The van der Waals surface area contributed by atoms with E-state index in [1.807, 2.05) is 25.1 Å². The first-order chi connectivity index (χ1) is 6.24. The Balaban J connectivity index is 2.66. The van der Waals surface area contributed by atoms with Gasteiger partial charge in [0.1, 0.15) is 0 Å². The highest BCUT2D eigenvalue weighted by Crippen LogP contribution is 2.08. The molecule has 0 aliphatic carbocycles. The average molecular weight is 180 g/mol. The number of halogens is 1. The summed E-state index contributed by atoms with van der Waals surface area (Å²) in [6.45, 7) is 1.52. The normalized spacial score (nSPS) is 10.0. The minimum absolute atomic E-state index is 0.0290. The highest BCUT2D eigenvalue weighted by atomic mass is 19.1. The van der Waals surface area contributed by atoms with Crippen LogP contribution in [0, 0.1) is 6.92 Å². The summed E-state index contributed by atoms with van der Waals surface area (Å²) < 4.78 is 11.8. The summed E-state index contributed by atoms with van der Waals surface area (Å²) in [6, 6.07) is 7.39. The molecule has 0 N–H and O–H groups in total. The Morgan fingerprint density at radius 1 is 1.46 bits per heavy atom. The number of Topliss-reactive ketones (excluding diaryl/α,β-unsaturated/α-hetero) is 1. The zero-order chi connectivity index (χ0) is 9.68. The van der Waals surface area contributed by atoms with Gasteiger partial charge in [0.05, 0.1) is 6.67 Å². The SMILES string of the molecule is Cc1cccc(C(=O)CCCF)c1. The summed E-state index contributed by atoms with van der Waals surface area (Å²) in [5.41, 5.74) is 1.75. The summed E-state index contributed by atoms with van der Waals surface area (Å²) in [6.07, 6.45) is 0.632. The van der Waals surface area contributed by atoms with E-state index in [1.165, 1.54) is 0 Å². The van der Waals surface area contributed by atoms with Gasteiger partial charge in [-0.3, -0.25) is 9.18 Å². The number of alkyl halides is 1. The van der Waals surface area contributed by atoms with Gasteiger partial charge in [0.25, 0.3) is 0 Å². The van der Waals surface area contributed by atoms with Crippen LogP contribution in [-0.2, 0) is 0 Å². The van der Waals surface area contributed by atoms with Gasteiger partial charge in [0.15, 0.2) is 5.78 Å². The van der Waals surface area contributed by atoms with Crippen molar-refractivity contribution < 1.29 is 9.18 Å². The lowest BCUT2D eigenvalue weighted by atomic mass is 10.0. The molecule has 1 aromatic rings. The molecule has 0 spiro atoms. The largest absolute Gasteiger partial charge is 0.294 e. The average Bonchev–Trinajstić information content (AvgIpc) is 2.14. The fraction of sp³-hybridized carbons (Fsp3) is 0.364. The minimum Gasteiger partial charge on any atom is -0.294 e. The van der Waals surface area contributed by atoms with Crippen LogP contribution in [0.1, 0.15) is 28.8 Å². The van der Waals surface area contributed by atoms with E-state index in [0.717, 1.165) is 5.56 Å². The topological polar surface area (TPSA) is 17.1 Å². The van der Waals surface area contributed by atoms with Crippen molar-refractivity contribution in [2.75, 3.05) is 6.67 Å². The first-order valence-electron chi connectivity index (χ1n) is 4.40. The smallest absolute Gasteiger partial charge is 0.162 e. The van der Waals surface area contributed by atoms with Gasteiger partial charge < -0.3 is 0 Å². The Morgan fingerprint density at radius 3 is 2.85 bits per heavy atom. The number of rotatable bonds is 4. The van der Waals surface area contributed by atoms with E-state index in [0.29, 0.717) is 18.4 Å². The van der Waals surface area contributed by atoms with E-state index in [9.17, 15) is 9.18 Å². The van der Waals surface area contributed by atoms with Crippen LogP contribution < -0.4 is 0 Å². The molecular weight excluding hydrogens is 167 g/mol. The summed E-state index contributed by atoms with van der Waals surface area (Å²) in [5, 5.41) is 0. The number of hydrogen-bond acceptors (Lipinski definition) is 1. The molecule has 1 rings (SSSR count). The predicted octanol–water partition coefficient (Wildman–Crippen LogP) is 2.93. The van der Waals surface area contributed by atoms with Crippen molar-refractivity contribution in [1.82, 2.24) is 0 Å². The van der Waals surface area contributed by atoms with Crippen LogP contribution in [0.3, 0.4) is 0 Å². The van der Waals surface area contributed by atoms with Gasteiger partial charge in [-0.05, 0) is 19.4 Å². The highest BCUT2D eigenvalue weighted by molar-refractivity contribution is 5.96. The van der Waals surface area contributed by atoms with Gasteiger partial charge >= 0.3 is 0 Å². The zero-order valence-corrected chi connectivity index (χ0v) is 7.72. The van der Waals surface area contributed by atoms with Gasteiger partial charge in [0, 0.05) is 12.0 Å². The van der Waals surface area contributed by atoms with Gasteiger partial charge in [-0.25, -0.2) is 0 Å². The van der Waals surface area contributed by atoms with Gasteiger partial charge in [-0.15, -0.1) is 0 Å². The van der Waals surface area contributed by atoms with Gasteiger partial charge in [-0.2, -0.15) is 0 Å². The van der Waals surface area contributed by atoms with E-state index in [1.54, 1.807) is 6.07 Å². The lowest BCUT2D eigenvalue weighted by Gasteiger charge is -1.99. The molecule has 2 heteroatoms. The third-order valence-electron chi connectivity index (χ3n) is 1.88. The number of carbonyl (C=O) groups is 1. The standard InChI is InChI=1S/C11H13FO/c1-9-4-2-5-10(8-9)11(13)6-3-7-12/h2,4-5,8H,3,6-7H2,1H3. The zero-order valence-electron chi connectivity index (χ0n) is 7.72. The van der Waals surface area contributed by atoms with Crippen LogP contribution in [0.2, 0.25) is 0 Å². The van der Waals surface area contributed by atoms with Crippen LogP contribution >= 0.6 is 0 Å². The number of hydrogen-bond donors (Lipinski definition) is 0. The molecule has 13 heavy (non-hydrogen) atoms. The molecule has 0 heterocycles. The molecule has 0 saturated carbocycles. The van der Waals surface area contributed by atoms with E-state index in [2.05, 4.69) is 0 Å². The Bertz CT molecular complexity index is 294. The van der Waals surface area contributed by atoms with Gasteiger partial charge in [-0.1, -0.05) is 23.8 Å². The Kier molecular flexibility index (Phi) is 3.62. The molecule has 70 valence electrons. The first-order valence-corrected chi connectivity index (χ1v) is 4.40. The molecule has 0 aliphatic rings. The summed E-state index contributed by atoms with van der Waals surface area (Å²) >= 11 is 0. The minimum atomic E-state index is -0.419. The van der Waals surface area contributed by atoms with E-state index >= 15 is 0 Å². The van der Waals surface area contributed by atoms with Crippen LogP contribution in [0.5, 0.6) is 0 Å². The maximum absolute atomic E-state index is 11.8. The van der Waals surface area contributed by atoms with Crippen LogP contribution in [0.25, 0.3) is 0 Å². The molecule has 0 amide bonds. The third kappa shape index (κ3) is 2.98. The van der Waals surface area contributed by atoms with Gasteiger partial charge in [0.2, 0.25) is 0 Å². The number of aryl methyl sites for hydroxylation is 1. The molecule has 0 bridgehead atoms. The molecule has 0 fully saturated rings. The van der Waals surface area contributed by atoms with Crippen molar-refractivity contribution in [3.05, 3.63) is 35.4 Å². The lowest BCUT2D eigenvalue weighted by Crippen LogP contribution is -1.99. The molecule has 0 aromatic heterocycles. The maximum atomic E-state index is 11.8. The summed E-state index contributed by atoms with van der Waals surface area (Å²) in [4.78, 5) is 11.4. The highest BCUT2D eigenvalue weighted by Gasteiger charge is 2.04. The van der Waals surface area contributed by atoms with Crippen molar-refractivity contribution in [1.29, 1.82) is 0 Å². The van der Waals surface area contributed by atoms with Crippen molar-refractivity contribution >= 4 is 5.78 Å². The molecule has 0 saturated heterocycles. The van der Waals surface area contributed by atoms with Crippen LogP contribution in [-0.4, -0.2) is 12.5 Å². The maximum Gasteiger partial charge on any atom is 0.162 e. The molecule has 1 aromatic carbocycles. The van der Waals surface area contributed by atoms with E-state index in [4.69, 9.17) is 0 Å². The van der Waals surface area contributed by atoms with Crippen molar-refractivity contribution in [2.24, 2.45) is 0 Å². The Hall–Kier alpha value is -1.18. The Morgan fingerprint density at radius 2 is 2.23 bits per heavy atom. The van der Waals surface area contributed by atoms with E-state index < -0.39 is 6.67 Å². The number of benzene rings is 1. The van der Waals surface area contributed by atoms with Crippen LogP contribution in [0.4, 0.5) is 4.39 Å². The second kappa shape index (κ2) is 4.75. The molecule has 1 nitrogen and oxygen atoms in total. The first kappa shape index (κ1) is 9.90. The van der Waals surface area contributed by atoms with Crippen LogP contribution in [0.15, 0.2) is 24.3 Å². The number of carbonyl (C=O) groups excluding carboxylic acids is 1. The second-order valence-corrected chi connectivity index (χ2v) is 3.09. The van der Waals surface area contributed by atoms with Crippen molar-refractivity contribution in [3.63, 3.8) is 0 Å². The molecule has 0 aliphatic heterocycles. The Labute approximate surface area is 77.6 Å². The third-order valence-corrected chi connectivity index (χ3v) is 1.88. The quantitative estimate of drug-likeness (QED) is 0.651. The molecule has 0 unspecified atom stereocenters. The fourth-order valence-corrected chi connectivity index (χ4v) is 1.19. The monoisotopic (exact) mass is 180 g/mol. The molecule has 0 radical (unpaired) electrons.